The molecule has 0 unspecified atom stereocenters. The second-order valence-corrected chi connectivity index (χ2v) is 5.68. The van der Waals surface area contributed by atoms with Crippen LogP contribution >= 0.6 is 28.3 Å². The highest BCUT2D eigenvalue weighted by Gasteiger charge is 2.22. The number of rotatable bonds is 5. The van der Waals surface area contributed by atoms with E-state index in [2.05, 4.69) is 21.2 Å². The molecule has 0 saturated carbocycles. The molecule has 0 saturated heterocycles. The lowest BCUT2D eigenvalue weighted by Crippen LogP contribution is -2.51. The van der Waals surface area contributed by atoms with Gasteiger partial charge in [-0.3, -0.25) is 9.59 Å². The monoisotopic (exact) mass is 367 g/mol. The fourth-order valence-electron chi connectivity index (χ4n) is 1.37. The van der Waals surface area contributed by atoms with Crippen LogP contribution in [0, 0.1) is 0 Å². The van der Waals surface area contributed by atoms with E-state index in [4.69, 9.17) is 10.2 Å². The third-order valence-electron chi connectivity index (χ3n) is 2.50. The number of hydrogen-bond acceptors (Lipinski definition) is 4. The number of carbonyl (C=O) groups excluding carboxylic acids is 2. The predicted molar refractivity (Wildman–Crippen MR) is 81.9 cm³/mol. The number of likely N-dealkylation sites (N-methyl/N-ethyl adjacent to an activating group) is 1. The van der Waals surface area contributed by atoms with Gasteiger partial charge in [0.05, 0.1) is 6.54 Å². The molecule has 0 spiro atoms. The maximum Gasteiger partial charge on any atom is 0.289 e. The van der Waals surface area contributed by atoms with Crippen molar-refractivity contribution >= 4 is 40.2 Å². The van der Waals surface area contributed by atoms with Crippen LogP contribution in [0.1, 0.15) is 24.4 Å². The molecule has 114 valence electrons. The molecule has 0 aliphatic heterocycles. The number of carbonyl (C=O) groups is 2. The van der Waals surface area contributed by atoms with Crippen LogP contribution in [0.25, 0.3) is 0 Å². The van der Waals surface area contributed by atoms with Crippen LogP contribution in [0.5, 0.6) is 0 Å². The van der Waals surface area contributed by atoms with Crippen molar-refractivity contribution < 1.29 is 14.0 Å². The summed E-state index contributed by atoms with van der Waals surface area (Å²) in [6.45, 7) is 3.90. The molecule has 0 fully saturated rings. The highest BCUT2D eigenvalue weighted by atomic mass is 79.9. The molecule has 20 heavy (non-hydrogen) atoms. The van der Waals surface area contributed by atoms with Crippen LogP contribution in [0.3, 0.4) is 0 Å². The highest BCUT2D eigenvalue weighted by Crippen LogP contribution is 2.15. The molecule has 1 rings (SSSR count). The van der Waals surface area contributed by atoms with Gasteiger partial charge in [0, 0.05) is 19.1 Å². The summed E-state index contributed by atoms with van der Waals surface area (Å²) < 4.78 is 5.61. The molecule has 2 amide bonds. The first-order chi connectivity index (χ1) is 8.75. The number of nitrogens with zero attached hydrogens (tertiary/aromatic N) is 1. The van der Waals surface area contributed by atoms with Gasteiger partial charge >= 0.3 is 0 Å². The van der Waals surface area contributed by atoms with Crippen molar-refractivity contribution in [3.8, 4) is 0 Å². The number of nitrogens with two attached hydrogens (primary N) is 1. The predicted octanol–water partition coefficient (Wildman–Crippen LogP) is 1.39. The topological polar surface area (TPSA) is 88.6 Å². The van der Waals surface area contributed by atoms with E-state index in [0.29, 0.717) is 11.2 Å². The summed E-state index contributed by atoms with van der Waals surface area (Å²) in [5, 5.41) is 2.75. The van der Waals surface area contributed by atoms with E-state index in [9.17, 15) is 9.59 Å². The Morgan fingerprint density at radius 2 is 2.05 bits per heavy atom. The molecule has 0 atom stereocenters. The van der Waals surface area contributed by atoms with Gasteiger partial charge in [0.1, 0.15) is 0 Å². The Labute approximate surface area is 132 Å². The van der Waals surface area contributed by atoms with Gasteiger partial charge in [0.15, 0.2) is 10.4 Å². The fraction of sp³-hybridized carbons (Fsp3) is 0.500. The summed E-state index contributed by atoms with van der Waals surface area (Å²) in [6.07, 6.45) is 0. The van der Waals surface area contributed by atoms with Crippen molar-refractivity contribution in [2.45, 2.75) is 19.4 Å². The van der Waals surface area contributed by atoms with Crippen LogP contribution in [0.4, 0.5) is 0 Å². The quantitative estimate of drug-likeness (QED) is 0.822. The van der Waals surface area contributed by atoms with Crippen LogP contribution in [0.2, 0.25) is 0 Å². The van der Waals surface area contributed by atoms with Gasteiger partial charge in [0.2, 0.25) is 5.91 Å². The molecule has 8 heteroatoms. The summed E-state index contributed by atoms with van der Waals surface area (Å²) in [4.78, 5) is 25.0. The molecular weight excluding hydrogens is 350 g/mol. The molecular formula is C12H19BrClN3O3. The molecule has 0 aromatic carbocycles. The molecule has 0 aliphatic carbocycles. The summed E-state index contributed by atoms with van der Waals surface area (Å²) in [5.74, 6) is -0.441. The zero-order valence-corrected chi connectivity index (χ0v) is 14.0. The number of amides is 2. The number of nitrogens with one attached hydrogen (secondary N) is 1. The minimum Gasteiger partial charge on any atom is -0.444 e. The van der Waals surface area contributed by atoms with Crippen LogP contribution in [-0.4, -0.2) is 42.4 Å². The second kappa shape index (κ2) is 7.66. The molecule has 6 nitrogen and oxygen atoms in total. The maximum atomic E-state index is 11.9. The Bertz CT molecular complexity index is 476. The third-order valence-corrected chi connectivity index (χ3v) is 2.93. The normalized spacial score (nSPS) is 10.7. The SMILES string of the molecule is CN(CC(=O)NC(C)(C)CN)C(=O)c1ccc(Br)o1.Cl. The van der Waals surface area contributed by atoms with Gasteiger partial charge in [0.25, 0.3) is 5.91 Å². The van der Waals surface area contributed by atoms with Gasteiger partial charge in [-0.25, -0.2) is 0 Å². The Balaban J connectivity index is 0.00000361. The second-order valence-electron chi connectivity index (χ2n) is 4.90. The van der Waals surface area contributed by atoms with Crippen LogP contribution in [0.15, 0.2) is 21.2 Å². The lowest BCUT2D eigenvalue weighted by atomic mass is 10.1. The summed E-state index contributed by atoms with van der Waals surface area (Å²) in [5.41, 5.74) is 5.03. The molecule has 0 bridgehead atoms. The first kappa shape index (κ1) is 18.9. The lowest BCUT2D eigenvalue weighted by molar-refractivity contribution is -0.123. The standard InChI is InChI=1S/C12H18BrN3O3.ClH/c1-12(2,7-14)15-10(17)6-16(3)11(18)8-4-5-9(13)19-8;/h4-5H,6-7,14H2,1-3H3,(H,15,17);1H. The zero-order valence-electron chi connectivity index (χ0n) is 11.6. The zero-order chi connectivity index (χ0) is 14.6. The van der Waals surface area contributed by atoms with Crippen molar-refractivity contribution in [2.75, 3.05) is 20.1 Å². The minimum absolute atomic E-state index is 0. The lowest BCUT2D eigenvalue weighted by Gasteiger charge is -2.25. The smallest absolute Gasteiger partial charge is 0.289 e. The van der Waals surface area contributed by atoms with Gasteiger partial charge < -0.3 is 20.4 Å². The molecule has 1 aromatic heterocycles. The van der Waals surface area contributed by atoms with Crippen molar-refractivity contribution in [1.82, 2.24) is 10.2 Å². The number of furan rings is 1. The first-order valence-electron chi connectivity index (χ1n) is 5.77. The van der Waals surface area contributed by atoms with Crippen LogP contribution < -0.4 is 11.1 Å². The number of halogens is 2. The highest BCUT2D eigenvalue weighted by molar-refractivity contribution is 9.10. The van der Waals surface area contributed by atoms with Crippen molar-refractivity contribution in [2.24, 2.45) is 5.73 Å². The maximum absolute atomic E-state index is 11.9. The largest absolute Gasteiger partial charge is 0.444 e. The van der Waals surface area contributed by atoms with Gasteiger partial charge in [-0.05, 0) is 41.9 Å². The molecule has 1 aromatic rings. The summed E-state index contributed by atoms with van der Waals surface area (Å²) in [6, 6.07) is 3.17. The van der Waals surface area contributed by atoms with E-state index in [1.54, 1.807) is 12.1 Å². The molecule has 3 N–H and O–H groups in total. The molecule has 0 aliphatic rings. The van der Waals surface area contributed by atoms with Gasteiger partial charge in [-0.15, -0.1) is 12.4 Å². The molecule has 1 heterocycles. The third kappa shape index (κ3) is 5.52. The van der Waals surface area contributed by atoms with E-state index in [0.717, 1.165) is 0 Å². The Kier molecular flexibility index (Phi) is 7.26. The van der Waals surface area contributed by atoms with Crippen molar-refractivity contribution in [1.29, 1.82) is 0 Å². The first-order valence-corrected chi connectivity index (χ1v) is 6.56. The Morgan fingerprint density at radius 1 is 1.45 bits per heavy atom. The van der Waals surface area contributed by atoms with E-state index >= 15 is 0 Å². The van der Waals surface area contributed by atoms with Crippen molar-refractivity contribution in [3.63, 3.8) is 0 Å². The average molecular weight is 369 g/mol. The fourth-order valence-corrected chi connectivity index (χ4v) is 1.68. The van der Waals surface area contributed by atoms with Gasteiger partial charge in [-0.1, -0.05) is 0 Å². The van der Waals surface area contributed by atoms with E-state index < -0.39 is 5.54 Å². The summed E-state index contributed by atoms with van der Waals surface area (Å²) >= 11 is 3.12. The van der Waals surface area contributed by atoms with E-state index in [1.165, 1.54) is 11.9 Å². The Hall–Kier alpha value is -1.05. The molecule has 0 radical (unpaired) electrons. The Morgan fingerprint density at radius 3 is 2.50 bits per heavy atom. The number of hydrogen-bond donors (Lipinski definition) is 2. The summed E-state index contributed by atoms with van der Waals surface area (Å²) in [7, 11) is 1.54. The van der Waals surface area contributed by atoms with E-state index in [-0.39, 0.29) is 36.5 Å². The van der Waals surface area contributed by atoms with Crippen molar-refractivity contribution in [3.05, 3.63) is 22.6 Å². The average Bonchev–Trinajstić information content (AvgIpc) is 2.74. The van der Waals surface area contributed by atoms with Gasteiger partial charge in [-0.2, -0.15) is 0 Å². The van der Waals surface area contributed by atoms with Crippen LogP contribution in [-0.2, 0) is 4.79 Å². The minimum atomic E-state index is -0.491. The van der Waals surface area contributed by atoms with E-state index in [1.807, 2.05) is 13.8 Å².